The Hall–Kier alpha value is -0.880. The van der Waals surface area contributed by atoms with Crippen molar-refractivity contribution in [1.29, 1.82) is 0 Å². The first-order chi connectivity index (χ1) is 13.1. The molecule has 3 atom stereocenters. The number of aryl methyl sites for hydroxylation is 1. The maximum absolute atomic E-state index is 12.8. The molecule has 0 aromatic carbocycles. The van der Waals surface area contributed by atoms with Gasteiger partial charge in [-0.15, -0.1) is 11.8 Å². The molecule has 2 N–H and O–H groups in total. The summed E-state index contributed by atoms with van der Waals surface area (Å²) in [6.45, 7) is 3.36. The molecule has 1 unspecified atom stereocenters. The SMILES string of the molecule is CC(=O)SCCOP(=O)(OC[C@@H]1O[C@H](n2cc(C)c(N)nc2=O)CS1)N(C)C. The van der Waals surface area contributed by atoms with Gasteiger partial charge in [0.25, 0.3) is 0 Å². The van der Waals surface area contributed by atoms with E-state index in [0.717, 1.165) is 11.8 Å². The molecule has 1 saturated heterocycles. The summed E-state index contributed by atoms with van der Waals surface area (Å²) in [5.41, 5.74) is 5.42. The molecule has 0 bridgehead atoms. The van der Waals surface area contributed by atoms with Gasteiger partial charge in [-0.3, -0.25) is 18.4 Å². The van der Waals surface area contributed by atoms with Gasteiger partial charge in [0, 0.05) is 30.2 Å². The zero-order chi connectivity index (χ0) is 20.9. The summed E-state index contributed by atoms with van der Waals surface area (Å²) in [6, 6.07) is 0. The second-order valence-corrected chi connectivity index (χ2v) is 10.9. The van der Waals surface area contributed by atoms with Gasteiger partial charge in [0.1, 0.15) is 17.5 Å². The van der Waals surface area contributed by atoms with Crippen molar-refractivity contribution < 1.29 is 23.1 Å². The Morgan fingerprint density at radius 2 is 2.25 bits per heavy atom. The maximum Gasteiger partial charge on any atom is 0.407 e. The maximum atomic E-state index is 12.8. The van der Waals surface area contributed by atoms with Gasteiger partial charge in [-0.1, -0.05) is 11.8 Å². The highest BCUT2D eigenvalue weighted by molar-refractivity contribution is 8.13. The van der Waals surface area contributed by atoms with Crippen LogP contribution in [0.15, 0.2) is 11.0 Å². The first-order valence-corrected chi connectivity index (χ1v) is 12.0. The summed E-state index contributed by atoms with van der Waals surface area (Å²) < 4.78 is 32.4. The summed E-state index contributed by atoms with van der Waals surface area (Å²) >= 11 is 2.53. The highest BCUT2D eigenvalue weighted by Gasteiger charge is 2.34. The molecule has 1 aromatic rings. The number of thioether (sulfide) groups is 2. The van der Waals surface area contributed by atoms with Gasteiger partial charge in [-0.25, -0.2) is 14.0 Å². The zero-order valence-corrected chi connectivity index (χ0v) is 18.7. The Bertz CT molecular complexity index is 805. The number of nitrogen functional groups attached to an aromatic ring is 1. The van der Waals surface area contributed by atoms with Crippen LogP contribution in [-0.4, -0.2) is 63.6 Å². The highest BCUT2D eigenvalue weighted by Crippen LogP contribution is 2.51. The van der Waals surface area contributed by atoms with Crippen molar-refractivity contribution in [2.45, 2.75) is 25.5 Å². The molecule has 1 fully saturated rings. The van der Waals surface area contributed by atoms with E-state index in [1.54, 1.807) is 27.2 Å². The minimum absolute atomic E-state index is 0.0204. The Morgan fingerprint density at radius 1 is 1.54 bits per heavy atom. The fourth-order valence-electron chi connectivity index (χ4n) is 2.22. The summed E-state index contributed by atoms with van der Waals surface area (Å²) in [6.07, 6.45) is 1.10. The van der Waals surface area contributed by atoms with Crippen LogP contribution in [-0.2, 0) is 23.1 Å². The largest absolute Gasteiger partial charge is 0.407 e. The molecule has 13 heteroatoms. The minimum atomic E-state index is -3.50. The number of carbonyl (C=O) groups is 1. The Kier molecular flexibility index (Phi) is 8.56. The summed E-state index contributed by atoms with van der Waals surface area (Å²) in [5.74, 6) is 1.10. The molecule has 10 nitrogen and oxygen atoms in total. The van der Waals surface area contributed by atoms with Crippen LogP contribution in [0.1, 0.15) is 18.7 Å². The van der Waals surface area contributed by atoms with E-state index in [-0.39, 0.29) is 24.1 Å². The lowest BCUT2D eigenvalue weighted by atomic mass is 10.3. The van der Waals surface area contributed by atoms with E-state index in [0.29, 0.717) is 17.1 Å². The normalized spacial score (nSPS) is 21.8. The summed E-state index contributed by atoms with van der Waals surface area (Å²) in [4.78, 5) is 26.8. The molecule has 0 spiro atoms. The third-order valence-corrected chi connectivity index (χ3v) is 7.56. The van der Waals surface area contributed by atoms with Gasteiger partial charge < -0.3 is 10.5 Å². The van der Waals surface area contributed by atoms with Gasteiger partial charge >= 0.3 is 13.4 Å². The molecule has 2 heterocycles. The molecule has 0 aliphatic carbocycles. The molecule has 28 heavy (non-hydrogen) atoms. The number of rotatable bonds is 9. The average molecular weight is 452 g/mol. The topological polar surface area (TPSA) is 126 Å². The molecule has 2 rings (SSSR count). The monoisotopic (exact) mass is 452 g/mol. The van der Waals surface area contributed by atoms with E-state index in [1.807, 2.05) is 0 Å². The Balaban J connectivity index is 1.91. The van der Waals surface area contributed by atoms with E-state index < -0.39 is 25.1 Å². The second kappa shape index (κ2) is 10.2. The van der Waals surface area contributed by atoms with Crippen molar-refractivity contribution in [1.82, 2.24) is 14.2 Å². The fraction of sp³-hybridized carbons (Fsp3) is 0.667. The van der Waals surface area contributed by atoms with Crippen LogP contribution >= 0.6 is 31.3 Å². The molecule has 0 radical (unpaired) electrons. The minimum Gasteiger partial charge on any atom is -0.383 e. The molecule has 1 aromatic heterocycles. The van der Waals surface area contributed by atoms with E-state index >= 15 is 0 Å². The zero-order valence-electron chi connectivity index (χ0n) is 16.2. The Labute approximate surface area is 172 Å². The average Bonchev–Trinajstić information content (AvgIpc) is 3.08. The summed E-state index contributed by atoms with van der Waals surface area (Å²) in [7, 11) is -0.321. The first kappa shape index (κ1) is 23.4. The van der Waals surface area contributed by atoms with Crippen LogP contribution in [0.4, 0.5) is 5.82 Å². The number of hydrogen-bond acceptors (Lipinski definition) is 10. The number of hydrogen-bond donors (Lipinski definition) is 1. The standard InChI is InChI=1S/C15H25N4O6PS2/c1-10-7-19(15(21)17-14(10)16)12-9-28-13(25-12)8-24-26(22,18(3)4)23-5-6-27-11(2)20/h7,12-13H,5-6,8-9H2,1-4H3,(H2,16,17,21)/t12-,13+,26?/m0/s1. The molecule has 0 saturated carbocycles. The molecular weight excluding hydrogens is 427 g/mol. The number of nitrogens with two attached hydrogens (primary N) is 1. The quantitative estimate of drug-likeness (QED) is 0.434. The third-order valence-electron chi connectivity index (χ3n) is 3.72. The molecular formula is C15H25N4O6PS2. The first-order valence-electron chi connectivity index (χ1n) is 8.45. The lowest BCUT2D eigenvalue weighted by Crippen LogP contribution is -2.29. The van der Waals surface area contributed by atoms with Gasteiger partial charge in [0.2, 0.25) is 0 Å². The number of ether oxygens (including phenoxy) is 1. The van der Waals surface area contributed by atoms with E-state index in [2.05, 4.69) is 4.98 Å². The molecule has 0 amide bonds. The van der Waals surface area contributed by atoms with E-state index in [4.69, 9.17) is 19.5 Å². The van der Waals surface area contributed by atoms with Crippen LogP contribution in [0, 0.1) is 6.92 Å². The van der Waals surface area contributed by atoms with Crippen LogP contribution in [0.2, 0.25) is 0 Å². The third kappa shape index (κ3) is 6.31. The smallest absolute Gasteiger partial charge is 0.383 e. The van der Waals surface area contributed by atoms with Crippen molar-refractivity contribution in [3.8, 4) is 0 Å². The van der Waals surface area contributed by atoms with Crippen LogP contribution < -0.4 is 11.4 Å². The van der Waals surface area contributed by atoms with Gasteiger partial charge in [0.15, 0.2) is 5.12 Å². The Morgan fingerprint density at radius 3 is 2.89 bits per heavy atom. The number of aromatic nitrogens is 2. The van der Waals surface area contributed by atoms with E-state index in [1.165, 1.54) is 27.9 Å². The summed E-state index contributed by atoms with van der Waals surface area (Å²) in [5, 5.41) is -0.0337. The van der Waals surface area contributed by atoms with E-state index in [9.17, 15) is 14.2 Å². The molecule has 1 aliphatic rings. The van der Waals surface area contributed by atoms with Crippen molar-refractivity contribution in [2.75, 3.05) is 44.5 Å². The number of carbonyl (C=O) groups excluding carboxylic acids is 1. The van der Waals surface area contributed by atoms with Crippen molar-refractivity contribution in [3.63, 3.8) is 0 Å². The van der Waals surface area contributed by atoms with Crippen LogP contribution in [0.3, 0.4) is 0 Å². The predicted molar refractivity (Wildman–Crippen MR) is 110 cm³/mol. The van der Waals surface area contributed by atoms with Crippen molar-refractivity contribution in [2.24, 2.45) is 0 Å². The highest BCUT2D eigenvalue weighted by atomic mass is 32.2. The van der Waals surface area contributed by atoms with Crippen LogP contribution in [0.5, 0.6) is 0 Å². The van der Waals surface area contributed by atoms with Gasteiger partial charge in [-0.05, 0) is 21.0 Å². The van der Waals surface area contributed by atoms with Gasteiger partial charge in [-0.2, -0.15) is 4.98 Å². The molecule has 158 valence electrons. The molecule has 1 aliphatic heterocycles. The van der Waals surface area contributed by atoms with Crippen molar-refractivity contribution in [3.05, 3.63) is 22.2 Å². The predicted octanol–water partition coefficient (Wildman–Crippen LogP) is 1.70. The lowest BCUT2D eigenvalue weighted by Gasteiger charge is -2.24. The second-order valence-electron chi connectivity index (χ2n) is 6.14. The fourth-order valence-corrected chi connectivity index (χ4v) is 5.07. The van der Waals surface area contributed by atoms with Crippen molar-refractivity contribution >= 4 is 42.2 Å². The number of anilines is 1. The van der Waals surface area contributed by atoms with Gasteiger partial charge in [0.05, 0.1) is 13.2 Å². The van der Waals surface area contributed by atoms with Crippen LogP contribution in [0.25, 0.3) is 0 Å². The lowest BCUT2D eigenvalue weighted by molar-refractivity contribution is -0.109. The number of nitrogens with zero attached hydrogens (tertiary/aromatic N) is 3.